The number of carbonyl (C=O) groups excluding carboxylic acids is 1. The SMILES string of the molecule is COc1ccc(C(=O)Nc2ccsc2C(=O)O)cc1F. The van der Waals surface area contributed by atoms with Crippen LogP contribution in [0.2, 0.25) is 0 Å². The maximum atomic E-state index is 13.5. The third-order valence-electron chi connectivity index (χ3n) is 2.52. The molecule has 0 unspecified atom stereocenters. The minimum Gasteiger partial charge on any atom is -0.494 e. The zero-order valence-electron chi connectivity index (χ0n) is 10.3. The quantitative estimate of drug-likeness (QED) is 0.909. The summed E-state index contributed by atoms with van der Waals surface area (Å²) in [6.07, 6.45) is 0. The second-order valence-corrected chi connectivity index (χ2v) is 4.69. The molecule has 0 aliphatic carbocycles. The number of methoxy groups -OCH3 is 1. The van der Waals surface area contributed by atoms with Crippen LogP contribution in [0.25, 0.3) is 0 Å². The normalized spacial score (nSPS) is 10.1. The number of hydrogen-bond donors (Lipinski definition) is 2. The summed E-state index contributed by atoms with van der Waals surface area (Å²) in [5.74, 6) is -2.35. The number of benzene rings is 1. The number of halogens is 1. The maximum Gasteiger partial charge on any atom is 0.348 e. The van der Waals surface area contributed by atoms with Crippen molar-refractivity contribution in [3.05, 3.63) is 45.9 Å². The number of nitrogens with one attached hydrogen (secondary N) is 1. The van der Waals surface area contributed by atoms with Crippen LogP contribution in [0.15, 0.2) is 29.6 Å². The zero-order chi connectivity index (χ0) is 14.7. The predicted octanol–water partition coefficient (Wildman–Crippen LogP) is 2.85. The van der Waals surface area contributed by atoms with Gasteiger partial charge in [-0.15, -0.1) is 11.3 Å². The van der Waals surface area contributed by atoms with Crippen molar-refractivity contribution in [2.24, 2.45) is 0 Å². The summed E-state index contributed by atoms with van der Waals surface area (Å²) in [6.45, 7) is 0. The number of rotatable bonds is 4. The maximum absolute atomic E-state index is 13.5. The van der Waals surface area contributed by atoms with E-state index in [1.165, 1.54) is 25.3 Å². The molecule has 2 rings (SSSR count). The Bertz CT molecular complexity index is 668. The lowest BCUT2D eigenvalue weighted by Crippen LogP contribution is -2.13. The summed E-state index contributed by atoms with van der Waals surface area (Å²) in [4.78, 5) is 22.9. The molecule has 1 heterocycles. The molecule has 5 nitrogen and oxygen atoms in total. The van der Waals surface area contributed by atoms with E-state index in [4.69, 9.17) is 9.84 Å². The minimum atomic E-state index is -1.13. The van der Waals surface area contributed by atoms with Crippen LogP contribution in [-0.2, 0) is 0 Å². The van der Waals surface area contributed by atoms with Gasteiger partial charge in [0.15, 0.2) is 11.6 Å². The molecule has 2 aromatic rings. The lowest BCUT2D eigenvalue weighted by Gasteiger charge is -2.06. The fraction of sp³-hybridized carbons (Fsp3) is 0.0769. The molecule has 0 radical (unpaired) electrons. The highest BCUT2D eigenvalue weighted by molar-refractivity contribution is 7.12. The van der Waals surface area contributed by atoms with E-state index in [0.717, 1.165) is 17.4 Å². The van der Waals surface area contributed by atoms with Gasteiger partial charge < -0.3 is 15.2 Å². The molecule has 0 saturated heterocycles. The van der Waals surface area contributed by atoms with Crippen LogP contribution in [0.4, 0.5) is 10.1 Å². The van der Waals surface area contributed by atoms with E-state index in [0.29, 0.717) is 0 Å². The molecule has 0 aliphatic heterocycles. The third-order valence-corrected chi connectivity index (χ3v) is 3.42. The van der Waals surface area contributed by atoms with Crippen molar-refractivity contribution in [2.75, 3.05) is 12.4 Å². The van der Waals surface area contributed by atoms with Gasteiger partial charge >= 0.3 is 5.97 Å². The Balaban J connectivity index is 2.22. The second-order valence-electron chi connectivity index (χ2n) is 3.77. The van der Waals surface area contributed by atoms with Crippen LogP contribution >= 0.6 is 11.3 Å². The number of aromatic carboxylic acids is 1. The fourth-order valence-corrected chi connectivity index (χ4v) is 2.26. The highest BCUT2D eigenvalue weighted by Gasteiger charge is 2.16. The molecule has 0 bridgehead atoms. The van der Waals surface area contributed by atoms with Crippen molar-refractivity contribution >= 4 is 28.9 Å². The van der Waals surface area contributed by atoms with E-state index < -0.39 is 17.7 Å². The molecule has 20 heavy (non-hydrogen) atoms. The van der Waals surface area contributed by atoms with Gasteiger partial charge in [0.2, 0.25) is 0 Å². The number of thiophene rings is 1. The van der Waals surface area contributed by atoms with Crippen molar-refractivity contribution in [3.8, 4) is 5.75 Å². The smallest absolute Gasteiger partial charge is 0.348 e. The van der Waals surface area contributed by atoms with Crippen LogP contribution in [0.3, 0.4) is 0 Å². The number of anilines is 1. The molecular weight excluding hydrogens is 285 g/mol. The molecule has 0 atom stereocenters. The van der Waals surface area contributed by atoms with E-state index in [1.54, 1.807) is 5.38 Å². The van der Waals surface area contributed by atoms with Crippen LogP contribution < -0.4 is 10.1 Å². The Morgan fingerprint density at radius 3 is 2.70 bits per heavy atom. The molecule has 1 aromatic carbocycles. The van der Waals surface area contributed by atoms with Gasteiger partial charge in [-0.3, -0.25) is 4.79 Å². The van der Waals surface area contributed by atoms with Crippen LogP contribution in [0.5, 0.6) is 5.75 Å². The number of carboxylic acid groups (broad SMARTS) is 1. The van der Waals surface area contributed by atoms with Crippen molar-refractivity contribution in [3.63, 3.8) is 0 Å². The summed E-state index contributed by atoms with van der Waals surface area (Å²) >= 11 is 0.996. The molecule has 0 aliphatic rings. The Morgan fingerprint density at radius 1 is 1.35 bits per heavy atom. The Morgan fingerprint density at radius 2 is 2.10 bits per heavy atom. The topological polar surface area (TPSA) is 75.6 Å². The first-order chi connectivity index (χ1) is 9.52. The standard InChI is InChI=1S/C13H10FNO4S/c1-19-10-3-2-7(6-8(10)14)12(16)15-9-4-5-20-11(9)13(17)18/h2-6H,1H3,(H,15,16)(H,17,18). The first-order valence-corrected chi connectivity index (χ1v) is 6.36. The van der Waals surface area contributed by atoms with Gasteiger partial charge in [0.25, 0.3) is 5.91 Å². The van der Waals surface area contributed by atoms with E-state index in [-0.39, 0.29) is 21.9 Å². The monoisotopic (exact) mass is 295 g/mol. The molecule has 1 amide bonds. The number of carbonyl (C=O) groups is 2. The van der Waals surface area contributed by atoms with Gasteiger partial charge in [-0.25, -0.2) is 9.18 Å². The predicted molar refractivity (Wildman–Crippen MR) is 72.2 cm³/mol. The highest BCUT2D eigenvalue weighted by atomic mass is 32.1. The van der Waals surface area contributed by atoms with E-state index in [9.17, 15) is 14.0 Å². The van der Waals surface area contributed by atoms with E-state index >= 15 is 0 Å². The molecule has 2 N–H and O–H groups in total. The molecule has 1 aromatic heterocycles. The second kappa shape index (κ2) is 5.70. The molecule has 0 saturated carbocycles. The Hall–Kier alpha value is -2.41. The van der Waals surface area contributed by atoms with E-state index in [2.05, 4.69) is 5.32 Å². The van der Waals surface area contributed by atoms with Crippen molar-refractivity contribution < 1.29 is 23.8 Å². The Kier molecular flexibility index (Phi) is 3.99. The summed E-state index contributed by atoms with van der Waals surface area (Å²) in [7, 11) is 1.32. The number of ether oxygens (including phenoxy) is 1. The van der Waals surface area contributed by atoms with Crippen LogP contribution in [-0.4, -0.2) is 24.1 Å². The minimum absolute atomic E-state index is 0.0207. The first kappa shape index (κ1) is 14.0. The zero-order valence-corrected chi connectivity index (χ0v) is 11.2. The van der Waals surface area contributed by atoms with Crippen LogP contribution in [0.1, 0.15) is 20.0 Å². The summed E-state index contributed by atoms with van der Waals surface area (Å²) in [5.41, 5.74) is 0.259. The molecular formula is C13H10FNO4S. The van der Waals surface area contributed by atoms with Crippen molar-refractivity contribution in [1.82, 2.24) is 0 Å². The summed E-state index contributed by atoms with van der Waals surface area (Å²) < 4.78 is 18.3. The average molecular weight is 295 g/mol. The van der Waals surface area contributed by atoms with E-state index in [1.807, 2.05) is 0 Å². The largest absolute Gasteiger partial charge is 0.494 e. The molecule has 0 spiro atoms. The third kappa shape index (κ3) is 2.77. The summed E-state index contributed by atoms with van der Waals surface area (Å²) in [6, 6.07) is 5.23. The van der Waals surface area contributed by atoms with Gasteiger partial charge in [-0.05, 0) is 29.6 Å². The lowest BCUT2D eigenvalue weighted by molar-refractivity contribution is 0.0703. The molecule has 7 heteroatoms. The number of carboxylic acids is 1. The summed E-state index contributed by atoms with van der Waals surface area (Å²) in [5, 5.41) is 12.9. The molecule has 0 fully saturated rings. The lowest BCUT2D eigenvalue weighted by atomic mass is 10.2. The van der Waals surface area contributed by atoms with Crippen LogP contribution in [0, 0.1) is 5.82 Å². The fourth-order valence-electron chi connectivity index (χ4n) is 1.58. The van der Waals surface area contributed by atoms with Crippen molar-refractivity contribution in [2.45, 2.75) is 0 Å². The average Bonchev–Trinajstić information content (AvgIpc) is 2.86. The Labute approximate surface area is 117 Å². The van der Waals surface area contributed by atoms with Gasteiger partial charge in [-0.2, -0.15) is 0 Å². The number of hydrogen-bond acceptors (Lipinski definition) is 4. The van der Waals surface area contributed by atoms with Gasteiger partial charge in [-0.1, -0.05) is 0 Å². The van der Waals surface area contributed by atoms with Crippen molar-refractivity contribution in [1.29, 1.82) is 0 Å². The van der Waals surface area contributed by atoms with Gasteiger partial charge in [0, 0.05) is 5.56 Å². The molecule has 104 valence electrons. The number of amides is 1. The van der Waals surface area contributed by atoms with Gasteiger partial charge in [0.1, 0.15) is 4.88 Å². The van der Waals surface area contributed by atoms with Gasteiger partial charge in [0.05, 0.1) is 12.8 Å². The first-order valence-electron chi connectivity index (χ1n) is 5.48. The highest BCUT2D eigenvalue weighted by Crippen LogP contribution is 2.23.